The monoisotopic (exact) mass is 329 g/mol. The van der Waals surface area contributed by atoms with Crippen molar-refractivity contribution in [2.45, 2.75) is 9.79 Å². The van der Waals surface area contributed by atoms with Crippen LogP contribution in [0.4, 0.5) is 0 Å². The molecule has 0 amide bonds. The topological polar surface area (TPSA) is 78.9 Å². The molecule has 0 aliphatic rings. The number of rotatable bonds is 5. The standard InChI is InChI=1S/C15H11N3O2S2/c19-12(7-13(20)15-16-9-17-18-15)14-6-11(8-21-14)22-10-4-2-1-3-5-10/h1-9,20H,(H,16,17,18). The van der Waals surface area contributed by atoms with E-state index in [0.29, 0.717) is 4.88 Å². The number of ketones is 1. The molecule has 0 unspecified atom stereocenters. The highest BCUT2D eigenvalue weighted by atomic mass is 32.2. The van der Waals surface area contributed by atoms with Crippen LogP contribution in [0.15, 0.2) is 64.0 Å². The van der Waals surface area contributed by atoms with Crippen molar-refractivity contribution in [3.63, 3.8) is 0 Å². The lowest BCUT2D eigenvalue weighted by atomic mass is 10.3. The van der Waals surface area contributed by atoms with Gasteiger partial charge in [0.2, 0.25) is 5.82 Å². The maximum atomic E-state index is 12.1. The van der Waals surface area contributed by atoms with Crippen molar-refractivity contribution in [1.82, 2.24) is 15.2 Å². The van der Waals surface area contributed by atoms with Crippen molar-refractivity contribution < 1.29 is 9.90 Å². The van der Waals surface area contributed by atoms with E-state index < -0.39 is 0 Å². The summed E-state index contributed by atoms with van der Waals surface area (Å²) in [6, 6.07) is 11.7. The predicted molar refractivity (Wildman–Crippen MR) is 86.2 cm³/mol. The largest absolute Gasteiger partial charge is 0.504 e. The third kappa shape index (κ3) is 3.44. The van der Waals surface area contributed by atoms with Gasteiger partial charge in [0.25, 0.3) is 0 Å². The van der Waals surface area contributed by atoms with E-state index in [1.54, 1.807) is 11.8 Å². The first kappa shape index (κ1) is 14.6. The van der Waals surface area contributed by atoms with Gasteiger partial charge in [-0.1, -0.05) is 30.0 Å². The number of aliphatic hydroxyl groups is 1. The van der Waals surface area contributed by atoms with Gasteiger partial charge in [-0.3, -0.25) is 9.89 Å². The van der Waals surface area contributed by atoms with Gasteiger partial charge in [0, 0.05) is 21.2 Å². The predicted octanol–water partition coefficient (Wildman–Crippen LogP) is 3.80. The summed E-state index contributed by atoms with van der Waals surface area (Å²) in [7, 11) is 0. The zero-order valence-corrected chi connectivity index (χ0v) is 12.9. The van der Waals surface area contributed by atoms with Gasteiger partial charge < -0.3 is 5.11 Å². The van der Waals surface area contributed by atoms with Crippen molar-refractivity contribution in [2.24, 2.45) is 0 Å². The minimum absolute atomic E-state index is 0.101. The zero-order valence-electron chi connectivity index (χ0n) is 11.3. The Balaban J connectivity index is 1.73. The minimum Gasteiger partial charge on any atom is -0.504 e. The summed E-state index contributed by atoms with van der Waals surface area (Å²) < 4.78 is 0. The van der Waals surface area contributed by atoms with Gasteiger partial charge >= 0.3 is 0 Å². The molecule has 0 aliphatic heterocycles. The van der Waals surface area contributed by atoms with Gasteiger partial charge in [-0.25, -0.2) is 4.98 Å². The summed E-state index contributed by atoms with van der Waals surface area (Å²) in [4.78, 5) is 18.6. The van der Waals surface area contributed by atoms with Crippen molar-refractivity contribution in [3.05, 3.63) is 64.9 Å². The normalized spacial score (nSPS) is 11.5. The molecule has 110 valence electrons. The SMILES string of the molecule is O=C(C=C(O)c1nc[nH]n1)c1cc(Sc2ccccc2)cs1. The van der Waals surface area contributed by atoms with E-state index in [0.717, 1.165) is 15.9 Å². The number of H-pyrrole nitrogens is 1. The first-order chi connectivity index (χ1) is 10.7. The van der Waals surface area contributed by atoms with Crippen molar-refractivity contribution in [1.29, 1.82) is 0 Å². The maximum absolute atomic E-state index is 12.1. The Labute approximate surface area is 134 Å². The zero-order chi connectivity index (χ0) is 15.4. The summed E-state index contributed by atoms with van der Waals surface area (Å²) in [5, 5.41) is 17.9. The lowest BCUT2D eigenvalue weighted by Gasteiger charge is -1.96. The van der Waals surface area contributed by atoms with Crippen molar-refractivity contribution >= 4 is 34.6 Å². The fraction of sp³-hybridized carbons (Fsp3) is 0. The van der Waals surface area contributed by atoms with Gasteiger partial charge in [0.15, 0.2) is 11.5 Å². The van der Waals surface area contributed by atoms with E-state index >= 15 is 0 Å². The van der Waals surface area contributed by atoms with Gasteiger partial charge in [-0.15, -0.1) is 11.3 Å². The van der Waals surface area contributed by atoms with Crippen LogP contribution >= 0.6 is 23.1 Å². The Morgan fingerprint density at radius 1 is 1.27 bits per heavy atom. The molecule has 22 heavy (non-hydrogen) atoms. The molecule has 0 saturated heterocycles. The van der Waals surface area contributed by atoms with Gasteiger partial charge in [-0.2, -0.15) is 5.10 Å². The van der Waals surface area contributed by atoms with Crippen molar-refractivity contribution in [3.8, 4) is 0 Å². The molecule has 7 heteroatoms. The molecule has 5 nitrogen and oxygen atoms in total. The highest BCUT2D eigenvalue weighted by molar-refractivity contribution is 7.99. The molecule has 2 heterocycles. The first-order valence-electron chi connectivity index (χ1n) is 6.35. The number of carbonyl (C=O) groups is 1. The van der Waals surface area contributed by atoms with E-state index in [1.807, 2.05) is 41.8 Å². The number of thiophene rings is 1. The van der Waals surface area contributed by atoms with Gasteiger partial charge in [0.05, 0.1) is 4.88 Å². The van der Waals surface area contributed by atoms with Crippen LogP contribution in [-0.4, -0.2) is 26.1 Å². The van der Waals surface area contributed by atoms with Crippen LogP contribution < -0.4 is 0 Å². The molecule has 0 bridgehead atoms. The molecule has 2 aromatic heterocycles. The Bertz CT molecular complexity index is 795. The molecule has 0 radical (unpaired) electrons. The third-order valence-corrected chi connectivity index (χ3v) is 4.78. The van der Waals surface area contributed by atoms with Crippen LogP contribution in [0.1, 0.15) is 15.5 Å². The molecular formula is C15H11N3O2S2. The van der Waals surface area contributed by atoms with E-state index in [9.17, 15) is 9.90 Å². The number of aromatic nitrogens is 3. The van der Waals surface area contributed by atoms with E-state index in [-0.39, 0.29) is 17.4 Å². The van der Waals surface area contributed by atoms with Crippen LogP contribution in [0.25, 0.3) is 5.76 Å². The summed E-state index contributed by atoms with van der Waals surface area (Å²) >= 11 is 2.93. The summed E-state index contributed by atoms with van der Waals surface area (Å²) in [6.07, 6.45) is 2.47. The van der Waals surface area contributed by atoms with Crippen LogP contribution in [-0.2, 0) is 0 Å². The molecule has 3 aromatic rings. The second kappa shape index (κ2) is 6.59. The Hall–Kier alpha value is -2.38. The molecule has 0 spiro atoms. The molecule has 1 aromatic carbocycles. The average Bonchev–Trinajstić information content (AvgIpc) is 3.19. The Morgan fingerprint density at radius 3 is 2.82 bits per heavy atom. The average molecular weight is 329 g/mol. The van der Waals surface area contributed by atoms with Gasteiger partial charge in [0.1, 0.15) is 6.33 Å². The number of hydrogen-bond donors (Lipinski definition) is 2. The lowest BCUT2D eigenvalue weighted by molar-refractivity contribution is 0.104. The third-order valence-electron chi connectivity index (χ3n) is 2.71. The summed E-state index contributed by atoms with van der Waals surface area (Å²) in [5.74, 6) is -0.423. The highest BCUT2D eigenvalue weighted by Crippen LogP contribution is 2.31. The Morgan fingerprint density at radius 2 is 2.09 bits per heavy atom. The number of hydrogen-bond acceptors (Lipinski definition) is 6. The van der Waals surface area contributed by atoms with Crippen LogP contribution in [0, 0.1) is 0 Å². The number of aromatic amines is 1. The number of nitrogens with zero attached hydrogens (tertiary/aromatic N) is 2. The van der Waals surface area contributed by atoms with E-state index in [2.05, 4.69) is 15.2 Å². The van der Waals surface area contributed by atoms with Gasteiger partial charge in [-0.05, 0) is 18.2 Å². The number of benzene rings is 1. The molecule has 0 fully saturated rings. The smallest absolute Gasteiger partial charge is 0.215 e. The Kier molecular flexibility index (Phi) is 4.36. The molecule has 0 aliphatic carbocycles. The molecule has 3 rings (SSSR count). The summed E-state index contributed by atoms with van der Waals surface area (Å²) in [5.41, 5.74) is 0. The lowest BCUT2D eigenvalue weighted by Crippen LogP contribution is -1.94. The second-order valence-electron chi connectivity index (χ2n) is 4.28. The van der Waals surface area contributed by atoms with E-state index in [4.69, 9.17) is 0 Å². The molecule has 0 atom stereocenters. The molecular weight excluding hydrogens is 318 g/mol. The minimum atomic E-state index is -0.271. The number of nitrogens with one attached hydrogen (secondary N) is 1. The van der Waals surface area contributed by atoms with Crippen molar-refractivity contribution in [2.75, 3.05) is 0 Å². The fourth-order valence-corrected chi connectivity index (χ4v) is 3.55. The van der Waals surface area contributed by atoms with E-state index in [1.165, 1.54) is 17.7 Å². The summed E-state index contributed by atoms with van der Waals surface area (Å²) in [6.45, 7) is 0. The number of carbonyl (C=O) groups excluding carboxylic acids is 1. The quantitative estimate of drug-likeness (QED) is 0.423. The molecule has 0 saturated carbocycles. The van der Waals surface area contributed by atoms with Crippen LogP contribution in [0.2, 0.25) is 0 Å². The second-order valence-corrected chi connectivity index (χ2v) is 6.34. The fourth-order valence-electron chi connectivity index (χ4n) is 1.72. The van der Waals surface area contributed by atoms with Crippen LogP contribution in [0.5, 0.6) is 0 Å². The highest BCUT2D eigenvalue weighted by Gasteiger charge is 2.11. The molecule has 2 N–H and O–H groups in total. The van der Waals surface area contributed by atoms with Crippen LogP contribution in [0.3, 0.4) is 0 Å². The first-order valence-corrected chi connectivity index (χ1v) is 8.04. The maximum Gasteiger partial charge on any atom is 0.215 e. The number of allylic oxidation sites excluding steroid dienone is 1. The number of aliphatic hydroxyl groups excluding tert-OH is 1.